The monoisotopic (exact) mass is 638 g/mol. The highest BCUT2D eigenvalue weighted by Crippen LogP contribution is 2.42. The van der Waals surface area contributed by atoms with Gasteiger partial charge in [-0.25, -0.2) is 0 Å². The predicted octanol–water partition coefficient (Wildman–Crippen LogP) is 11.4. The largest absolute Gasteiger partial charge is 0.456 e. The molecule has 7 aromatic carbocycles. The van der Waals surface area contributed by atoms with Crippen LogP contribution in [0.25, 0.3) is 98.9 Å². The zero-order valence-electron chi connectivity index (χ0n) is 26.3. The summed E-state index contributed by atoms with van der Waals surface area (Å²) < 4.78 is 16.8. The Morgan fingerprint density at radius 2 is 0.820 bits per heavy atom. The van der Waals surface area contributed by atoms with Crippen LogP contribution in [0.4, 0.5) is 0 Å². The molecule has 11 rings (SSSR count). The van der Waals surface area contributed by atoms with Crippen molar-refractivity contribution in [3.8, 4) is 23.5 Å². The quantitative estimate of drug-likeness (QED) is 0.189. The zero-order chi connectivity index (χ0) is 33.1. The molecule has 50 heavy (non-hydrogen) atoms. The van der Waals surface area contributed by atoms with Crippen molar-refractivity contribution in [3.05, 3.63) is 145 Å². The van der Waals surface area contributed by atoms with Gasteiger partial charge in [0, 0.05) is 48.8 Å². The lowest BCUT2D eigenvalue weighted by Gasteiger charge is -2.15. The highest BCUT2D eigenvalue weighted by molar-refractivity contribution is 6.18. The topological polar surface area (TPSA) is 83.7 Å². The van der Waals surface area contributed by atoms with Gasteiger partial charge in [0.05, 0.1) is 38.9 Å². The average molecular weight is 639 g/mol. The van der Waals surface area contributed by atoms with Crippen LogP contribution < -0.4 is 0 Å². The Morgan fingerprint density at radius 1 is 0.380 bits per heavy atom. The van der Waals surface area contributed by atoms with Gasteiger partial charge in [-0.3, -0.25) is 0 Å². The van der Waals surface area contributed by atoms with Crippen LogP contribution in [0.1, 0.15) is 11.1 Å². The summed E-state index contributed by atoms with van der Waals surface area (Å²) >= 11 is 0. The Balaban J connectivity index is 1.23. The summed E-state index contributed by atoms with van der Waals surface area (Å²) in [6.45, 7) is 0. The first-order chi connectivity index (χ1) is 24.7. The Kier molecular flexibility index (Phi) is 5.16. The molecule has 0 unspecified atom stereocenters. The third-order valence-corrected chi connectivity index (χ3v) is 10.2. The molecule has 11 aromatic rings. The van der Waals surface area contributed by atoms with Gasteiger partial charge in [0.25, 0.3) is 0 Å². The molecule has 0 radical (unpaired) electrons. The maximum atomic E-state index is 10.8. The summed E-state index contributed by atoms with van der Waals surface area (Å²) in [4.78, 5) is 0. The van der Waals surface area contributed by atoms with E-state index in [9.17, 15) is 10.5 Å². The Hall–Kier alpha value is -7.28. The smallest absolute Gasteiger partial charge is 0.136 e. The number of fused-ring (bicyclic) bond motifs is 12. The van der Waals surface area contributed by atoms with Crippen molar-refractivity contribution in [1.82, 2.24) is 9.13 Å². The highest BCUT2D eigenvalue weighted by Gasteiger charge is 2.23. The lowest BCUT2D eigenvalue weighted by molar-refractivity contribution is 0.669. The van der Waals surface area contributed by atoms with Gasteiger partial charge in [0.2, 0.25) is 0 Å². The van der Waals surface area contributed by atoms with Gasteiger partial charge in [-0.2, -0.15) is 10.5 Å². The van der Waals surface area contributed by atoms with Crippen molar-refractivity contribution in [1.29, 1.82) is 10.5 Å². The minimum atomic E-state index is 0.402. The van der Waals surface area contributed by atoms with E-state index in [0.717, 1.165) is 93.2 Å². The van der Waals surface area contributed by atoms with Crippen molar-refractivity contribution in [2.24, 2.45) is 0 Å². The molecule has 0 N–H and O–H groups in total. The average Bonchev–Trinajstić information content (AvgIpc) is 3.89. The van der Waals surface area contributed by atoms with Crippen molar-refractivity contribution in [2.45, 2.75) is 0 Å². The molecule has 0 bridgehead atoms. The van der Waals surface area contributed by atoms with E-state index in [-0.39, 0.29) is 0 Å². The first-order valence-electron chi connectivity index (χ1n) is 16.4. The summed E-state index contributed by atoms with van der Waals surface area (Å²) in [7, 11) is 0. The summed E-state index contributed by atoms with van der Waals surface area (Å²) in [5, 5.41) is 29.8. The van der Waals surface area contributed by atoms with E-state index in [2.05, 4.69) is 75.9 Å². The second-order valence-electron chi connectivity index (χ2n) is 12.7. The maximum Gasteiger partial charge on any atom is 0.136 e. The molecule has 4 aromatic heterocycles. The normalized spacial score (nSPS) is 12.0. The number of furan rings is 2. The van der Waals surface area contributed by atoms with E-state index in [1.807, 2.05) is 78.9 Å². The van der Waals surface area contributed by atoms with Gasteiger partial charge < -0.3 is 18.0 Å². The molecule has 0 spiro atoms. The van der Waals surface area contributed by atoms with E-state index in [1.165, 1.54) is 0 Å². The van der Waals surface area contributed by atoms with Crippen LogP contribution in [-0.4, -0.2) is 9.13 Å². The number of nitrogens with zero attached hydrogens (tertiary/aromatic N) is 4. The fourth-order valence-electron chi connectivity index (χ4n) is 8.05. The number of benzene rings is 7. The molecular formula is C44H22N4O2. The van der Waals surface area contributed by atoms with Crippen LogP contribution in [0.2, 0.25) is 0 Å². The van der Waals surface area contributed by atoms with E-state index >= 15 is 0 Å². The lowest BCUT2D eigenvalue weighted by atomic mass is 10.1. The first kappa shape index (κ1) is 26.8. The van der Waals surface area contributed by atoms with Gasteiger partial charge in [-0.1, -0.05) is 72.8 Å². The zero-order valence-corrected chi connectivity index (χ0v) is 26.3. The highest BCUT2D eigenvalue weighted by atomic mass is 16.3. The van der Waals surface area contributed by atoms with Crippen LogP contribution in [0.5, 0.6) is 0 Å². The predicted molar refractivity (Wildman–Crippen MR) is 199 cm³/mol. The van der Waals surface area contributed by atoms with Crippen molar-refractivity contribution in [2.75, 3.05) is 0 Å². The fraction of sp³-hybridized carbons (Fsp3) is 0. The summed E-state index contributed by atoms with van der Waals surface area (Å²) in [5.41, 5.74) is 9.12. The minimum Gasteiger partial charge on any atom is -0.456 e. The Morgan fingerprint density at radius 3 is 1.34 bits per heavy atom. The minimum absolute atomic E-state index is 0.402. The molecule has 4 heterocycles. The first-order valence-corrected chi connectivity index (χ1v) is 16.4. The van der Waals surface area contributed by atoms with Crippen LogP contribution in [-0.2, 0) is 0 Å². The lowest BCUT2D eigenvalue weighted by Crippen LogP contribution is -2.04. The Bertz CT molecular complexity index is 3320. The number of hydrogen-bond donors (Lipinski definition) is 0. The van der Waals surface area contributed by atoms with E-state index in [4.69, 9.17) is 8.83 Å². The van der Waals surface area contributed by atoms with E-state index < -0.39 is 0 Å². The molecule has 0 aliphatic rings. The third kappa shape index (κ3) is 3.44. The van der Waals surface area contributed by atoms with Crippen molar-refractivity contribution in [3.63, 3.8) is 0 Å². The van der Waals surface area contributed by atoms with E-state index in [0.29, 0.717) is 16.8 Å². The Labute approximate surface area is 283 Å². The standard InChI is InChI=1S/C44H22N4O2/c45-23-25-17-27(47-36-13-5-1-9-28(36)32-21-42-34(19-38(32)47)30-11-3-7-15-40(30)49-42)18-26(24-46)44(25)48-37-14-6-2-10-29(37)33-22-43-35(20-39(33)48)31-12-4-8-16-41(31)50-43/h1-22H. The van der Waals surface area contributed by atoms with E-state index in [1.54, 1.807) is 0 Å². The molecule has 0 saturated carbocycles. The molecule has 0 amide bonds. The van der Waals surface area contributed by atoms with Gasteiger partial charge in [-0.15, -0.1) is 0 Å². The third-order valence-electron chi connectivity index (χ3n) is 10.2. The van der Waals surface area contributed by atoms with Crippen LogP contribution in [0.15, 0.2) is 142 Å². The summed E-state index contributed by atoms with van der Waals surface area (Å²) in [5.74, 6) is 0. The fourth-order valence-corrected chi connectivity index (χ4v) is 8.05. The second kappa shape index (κ2) is 9.64. The molecule has 0 atom stereocenters. The maximum absolute atomic E-state index is 10.8. The van der Waals surface area contributed by atoms with Crippen molar-refractivity contribution >= 4 is 87.5 Å². The number of rotatable bonds is 2. The van der Waals surface area contributed by atoms with Gasteiger partial charge in [0.1, 0.15) is 34.5 Å². The van der Waals surface area contributed by atoms with Gasteiger partial charge in [-0.05, 0) is 60.7 Å². The molecule has 6 heteroatoms. The summed E-state index contributed by atoms with van der Waals surface area (Å²) in [6.07, 6.45) is 0. The van der Waals surface area contributed by atoms with Crippen LogP contribution >= 0.6 is 0 Å². The second-order valence-corrected chi connectivity index (χ2v) is 12.7. The van der Waals surface area contributed by atoms with Crippen LogP contribution in [0.3, 0.4) is 0 Å². The molecule has 0 aliphatic carbocycles. The number of nitriles is 2. The SMILES string of the molecule is N#Cc1cc(-n2c3ccccc3c3cc4oc5ccccc5c4cc32)cc(C#N)c1-n1c2ccccc2c2cc3oc4ccccc4c3cc21. The number of aromatic nitrogens is 2. The molecule has 230 valence electrons. The molecule has 0 saturated heterocycles. The number of para-hydroxylation sites is 4. The molecule has 0 aliphatic heterocycles. The summed E-state index contributed by atoms with van der Waals surface area (Å²) in [6, 6.07) is 49.6. The van der Waals surface area contributed by atoms with Crippen molar-refractivity contribution < 1.29 is 8.83 Å². The van der Waals surface area contributed by atoms with Gasteiger partial charge >= 0.3 is 0 Å². The molecule has 0 fully saturated rings. The number of hydrogen-bond acceptors (Lipinski definition) is 4. The van der Waals surface area contributed by atoms with Gasteiger partial charge in [0.15, 0.2) is 0 Å². The molecular weight excluding hydrogens is 617 g/mol. The molecule has 6 nitrogen and oxygen atoms in total. The van der Waals surface area contributed by atoms with Crippen LogP contribution in [0, 0.1) is 22.7 Å².